The number of aromatic nitrogens is 2. The first-order valence-corrected chi connectivity index (χ1v) is 5.43. The van der Waals surface area contributed by atoms with Gasteiger partial charge in [0.15, 0.2) is 11.2 Å². The number of oxazole rings is 1. The number of pyridine rings is 1. The molecule has 0 aliphatic heterocycles. The van der Waals surface area contributed by atoms with Gasteiger partial charge in [-0.05, 0) is 6.07 Å². The van der Waals surface area contributed by atoms with Crippen molar-refractivity contribution in [2.45, 2.75) is 18.6 Å². The summed E-state index contributed by atoms with van der Waals surface area (Å²) in [6, 6.07) is 1.37. The third-order valence-corrected chi connectivity index (χ3v) is 2.61. The van der Waals surface area contributed by atoms with Crippen molar-refractivity contribution in [3.8, 4) is 0 Å². The highest BCUT2D eigenvalue weighted by Crippen LogP contribution is 2.21. The van der Waals surface area contributed by atoms with Gasteiger partial charge >= 0.3 is 11.7 Å². The molecule has 0 aromatic carbocycles. The first-order valence-electron chi connectivity index (χ1n) is 5.43. The summed E-state index contributed by atoms with van der Waals surface area (Å²) in [6.45, 7) is 0. The minimum Gasteiger partial charge on any atom is -0.469 e. The third-order valence-electron chi connectivity index (χ3n) is 2.61. The van der Waals surface area contributed by atoms with E-state index >= 15 is 0 Å². The number of ether oxygens (including phenoxy) is 1. The molecule has 0 aliphatic rings. The number of esters is 1. The van der Waals surface area contributed by atoms with Crippen molar-refractivity contribution in [3.05, 3.63) is 28.4 Å². The van der Waals surface area contributed by atoms with Crippen LogP contribution in [0.15, 0.2) is 21.5 Å². The Morgan fingerprint density at radius 3 is 3.00 bits per heavy atom. The Hall–Kier alpha value is -2.19. The molecule has 0 spiro atoms. The molecule has 8 nitrogen and oxygen atoms in total. The van der Waals surface area contributed by atoms with E-state index in [4.69, 9.17) is 4.42 Å². The van der Waals surface area contributed by atoms with E-state index in [1.807, 2.05) is 0 Å². The van der Waals surface area contributed by atoms with Crippen LogP contribution in [0.2, 0.25) is 0 Å². The number of carbonyl (C=O) groups is 1. The van der Waals surface area contributed by atoms with E-state index in [2.05, 4.69) is 14.7 Å². The summed E-state index contributed by atoms with van der Waals surface area (Å²) in [6.07, 6.45) is -1.75. The van der Waals surface area contributed by atoms with E-state index in [1.165, 1.54) is 19.4 Å². The lowest BCUT2D eigenvalue weighted by atomic mass is 10.0. The lowest BCUT2D eigenvalue weighted by Gasteiger charge is -2.16. The molecule has 2 rings (SSSR count). The minimum atomic E-state index is -1.34. The van der Waals surface area contributed by atoms with Crippen molar-refractivity contribution >= 4 is 17.2 Å². The molecule has 0 radical (unpaired) electrons. The quantitative estimate of drug-likeness (QED) is 0.636. The lowest BCUT2D eigenvalue weighted by Crippen LogP contribution is -2.22. The number of rotatable bonds is 4. The van der Waals surface area contributed by atoms with Crippen LogP contribution in [0.25, 0.3) is 11.2 Å². The molecule has 0 saturated carbocycles. The van der Waals surface area contributed by atoms with E-state index in [-0.39, 0.29) is 23.2 Å². The van der Waals surface area contributed by atoms with Gasteiger partial charge in [-0.15, -0.1) is 0 Å². The summed E-state index contributed by atoms with van der Waals surface area (Å²) in [5, 5.41) is 19.5. The number of methoxy groups -OCH3 is 1. The van der Waals surface area contributed by atoms with E-state index in [0.29, 0.717) is 0 Å². The monoisotopic (exact) mass is 268 g/mol. The van der Waals surface area contributed by atoms with Gasteiger partial charge < -0.3 is 19.4 Å². The van der Waals surface area contributed by atoms with Gasteiger partial charge in [0, 0.05) is 11.8 Å². The molecule has 8 heteroatoms. The molecule has 0 aliphatic carbocycles. The Bertz CT molecular complexity index is 646. The highest BCUT2D eigenvalue weighted by molar-refractivity contribution is 5.70. The van der Waals surface area contributed by atoms with Crippen molar-refractivity contribution in [2.75, 3.05) is 7.11 Å². The molecule has 2 aromatic heterocycles. The van der Waals surface area contributed by atoms with Crippen LogP contribution in [-0.2, 0) is 9.53 Å². The molecule has 0 bridgehead atoms. The summed E-state index contributed by atoms with van der Waals surface area (Å²) in [4.78, 5) is 28.2. The second-order valence-electron chi connectivity index (χ2n) is 3.92. The molecule has 0 saturated heterocycles. The Labute approximate surface area is 106 Å². The summed E-state index contributed by atoms with van der Waals surface area (Å²) in [5.41, 5.74) is 0.627. The highest BCUT2D eigenvalue weighted by atomic mass is 16.5. The summed E-state index contributed by atoms with van der Waals surface area (Å²) in [7, 11) is 1.18. The first kappa shape index (κ1) is 13.2. The Balaban J connectivity index is 2.22. The molecule has 2 heterocycles. The largest absolute Gasteiger partial charge is 0.469 e. The SMILES string of the molecule is COC(=O)CC(O)C(O)c1cnc2[nH]c(=O)oc2c1. The van der Waals surface area contributed by atoms with Gasteiger partial charge in [0.05, 0.1) is 19.6 Å². The maximum absolute atomic E-state index is 11.0. The summed E-state index contributed by atoms with van der Waals surface area (Å²) >= 11 is 0. The molecule has 2 unspecified atom stereocenters. The second-order valence-corrected chi connectivity index (χ2v) is 3.92. The average Bonchev–Trinajstić information content (AvgIpc) is 2.76. The number of H-pyrrole nitrogens is 1. The lowest BCUT2D eigenvalue weighted by molar-refractivity contribution is -0.144. The van der Waals surface area contributed by atoms with Crippen molar-refractivity contribution in [1.29, 1.82) is 0 Å². The fourth-order valence-electron chi connectivity index (χ4n) is 1.60. The molecule has 3 N–H and O–H groups in total. The molecule has 2 atom stereocenters. The first-order chi connectivity index (χ1) is 9.01. The number of hydrogen-bond acceptors (Lipinski definition) is 7. The van der Waals surface area contributed by atoms with Gasteiger partial charge in [0.1, 0.15) is 6.10 Å². The maximum atomic E-state index is 11.0. The smallest absolute Gasteiger partial charge is 0.418 e. The number of aliphatic hydroxyl groups excluding tert-OH is 2. The number of aromatic amines is 1. The molecule has 0 fully saturated rings. The Kier molecular flexibility index (Phi) is 3.63. The van der Waals surface area contributed by atoms with E-state index < -0.39 is 23.9 Å². The van der Waals surface area contributed by atoms with Crippen LogP contribution in [0.3, 0.4) is 0 Å². The molecule has 2 aromatic rings. The van der Waals surface area contributed by atoms with Crippen LogP contribution in [0.5, 0.6) is 0 Å². The van der Waals surface area contributed by atoms with E-state index in [9.17, 15) is 19.8 Å². The predicted octanol–water partition coefficient (Wildman–Crippen LogP) is -0.526. The number of aliphatic hydroxyl groups is 2. The van der Waals surface area contributed by atoms with Crippen molar-refractivity contribution in [2.24, 2.45) is 0 Å². The van der Waals surface area contributed by atoms with Crippen LogP contribution in [0, 0.1) is 0 Å². The molecule has 0 amide bonds. The van der Waals surface area contributed by atoms with Crippen molar-refractivity contribution < 1.29 is 24.2 Å². The molecule has 19 heavy (non-hydrogen) atoms. The molecule has 102 valence electrons. The van der Waals surface area contributed by atoms with Gasteiger partial charge in [-0.25, -0.2) is 9.78 Å². The zero-order valence-corrected chi connectivity index (χ0v) is 9.99. The van der Waals surface area contributed by atoms with Crippen LogP contribution in [-0.4, -0.2) is 39.4 Å². The maximum Gasteiger partial charge on any atom is 0.418 e. The van der Waals surface area contributed by atoms with Gasteiger partial charge in [-0.1, -0.05) is 0 Å². The zero-order chi connectivity index (χ0) is 14.0. The Morgan fingerprint density at radius 2 is 2.32 bits per heavy atom. The fourth-order valence-corrected chi connectivity index (χ4v) is 1.60. The van der Waals surface area contributed by atoms with Gasteiger partial charge in [-0.2, -0.15) is 0 Å². The fraction of sp³-hybridized carbons (Fsp3) is 0.364. The van der Waals surface area contributed by atoms with Crippen LogP contribution >= 0.6 is 0 Å². The Morgan fingerprint density at radius 1 is 1.58 bits per heavy atom. The van der Waals surface area contributed by atoms with Crippen molar-refractivity contribution in [3.63, 3.8) is 0 Å². The van der Waals surface area contributed by atoms with Crippen LogP contribution in [0.1, 0.15) is 18.1 Å². The highest BCUT2D eigenvalue weighted by Gasteiger charge is 2.23. The van der Waals surface area contributed by atoms with Gasteiger partial charge in [0.25, 0.3) is 0 Å². The summed E-state index contributed by atoms with van der Waals surface area (Å²) < 4.78 is 9.17. The second kappa shape index (κ2) is 5.21. The minimum absolute atomic E-state index is 0.159. The zero-order valence-electron chi connectivity index (χ0n) is 9.99. The van der Waals surface area contributed by atoms with Crippen molar-refractivity contribution in [1.82, 2.24) is 9.97 Å². The van der Waals surface area contributed by atoms with Crippen LogP contribution < -0.4 is 5.76 Å². The molecular formula is C11H12N2O6. The normalized spacial score (nSPS) is 14.3. The third kappa shape index (κ3) is 2.80. The number of carbonyl (C=O) groups excluding carboxylic acids is 1. The van der Waals surface area contributed by atoms with Gasteiger partial charge in [0.2, 0.25) is 0 Å². The average molecular weight is 268 g/mol. The number of nitrogens with zero attached hydrogens (tertiary/aromatic N) is 1. The van der Waals surface area contributed by atoms with E-state index in [0.717, 1.165) is 0 Å². The topological polar surface area (TPSA) is 126 Å². The summed E-state index contributed by atoms with van der Waals surface area (Å²) in [5.74, 6) is -1.31. The number of nitrogens with one attached hydrogen (secondary N) is 1. The number of fused-ring (bicyclic) bond motifs is 1. The van der Waals surface area contributed by atoms with Gasteiger partial charge in [-0.3, -0.25) is 9.78 Å². The van der Waals surface area contributed by atoms with E-state index in [1.54, 1.807) is 0 Å². The number of hydrogen-bond donors (Lipinski definition) is 3. The standard InChI is InChI=1S/C11H12N2O6/c1-18-8(15)3-6(14)9(16)5-2-7-10(12-4-5)13-11(17)19-7/h2,4,6,9,14,16H,3H2,1H3,(H,12,13,17). The predicted molar refractivity (Wildman–Crippen MR) is 62.2 cm³/mol. The molecular weight excluding hydrogens is 256 g/mol. The van der Waals surface area contributed by atoms with Crippen LogP contribution in [0.4, 0.5) is 0 Å².